The van der Waals surface area contributed by atoms with Gasteiger partial charge >= 0.3 is 0 Å². The number of rotatable bonds is 10. The first-order chi connectivity index (χ1) is 16.1. The second-order valence-electron chi connectivity index (χ2n) is 8.84. The first kappa shape index (κ1) is 23.9. The summed E-state index contributed by atoms with van der Waals surface area (Å²) in [6.07, 6.45) is 6.24. The molecule has 0 aromatic heterocycles. The third kappa shape index (κ3) is 4.85. The minimum atomic E-state index is 0.0520. The Balaban J connectivity index is 1.56. The lowest BCUT2D eigenvalue weighted by Gasteiger charge is -2.32. The Morgan fingerprint density at radius 2 is 1.61 bits per heavy atom. The molecule has 0 bridgehead atoms. The quantitative estimate of drug-likeness (QED) is 0.104. The molecule has 0 saturated heterocycles. The number of hydrogen-bond acceptors (Lipinski definition) is 3. The van der Waals surface area contributed by atoms with Crippen molar-refractivity contribution >= 4 is 29.1 Å². The fourth-order valence-corrected chi connectivity index (χ4v) is 6.34. The van der Waals surface area contributed by atoms with Crippen LogP contribution in [-0.4, -0.2) is 16.7 Å². The van der Waals surface area contributed by atoms with Crippen LogP contribution in [-0.2, 0) is 5.41 Å². The van der Waals surface area contributed by atoms with Gasteiger partial charge in [-0.25, -0.2) is 0 Å². The Morgan fingerprint density at radius 3 is 2.30 bits per heavy atom. The molecule has 0 spiro atoms. The third-order valence-corrected chi connectivity index (χ3v) is 8.07. The maximum atomic E-state index is 9.85. The van der Waals surface area contributed by atoms with E-state index in [4.69, 9.17) is 11.6 Å². The summed E-state index contributed by atoms with van der Waals surface area (Å²) in [6.45, 7) is 4.56. The molecule has 1 aliphatic rings. The molecule has 0 radical (unpaired) electrons. The average molecular weight is 478 g/mol. The van der Waals surface area contributed by atoms with E-state index in [-0.39, 0.29) is 5.41 Å². The summed E-state index contributed by atoms with van der Waals surface area (Å²) in [7, 11) is 0. The molecule has 2 nitrogen and oxygen atoms in total. The molecule has 33 heavy (non-hydrogen) atoms. The molecule has 1 N–H and O–H groups in total. The lowest BCUT2D eigenvalue weighted by Crippen LogP contribution is -2.25. The highest BCUT2D eigenvalue weighted by Crippen LogP contribution is 2.53. The van der Waals surface area contributed by atoms with Crippen molar-refractivity contribution in [3.8, 4) is 11.1 Å². The van der Waals surface area contributed by atoms with Crippen molar-refractivity contribution in [3.05, 3.63) is 88.4 Å². The predicted octanol–water partition coefficient (Wildman–Crippen LogP) is 8.96. The number of nitrogens with zero attached hydrogens (tertiary/aromatic N) is 1. The number of fused-ring (bicyclic) bond motifs is 3. The summed E-state index contributed by atoms with van der Waals surface area (Å²) >= 11 is 7.78. The van der Waals surface area contributed by atoms with E-state index in [9.17, 15) is 5.21 Å². The summed E-state index contributed by atoms with van der Waals surface area (Å²) in [6, 6.07) is 23.5. The molecular formula is C29H32ClNOS. The van der Waals surface area contributed by atoms with Gasteiger partial charge in [0.1, 0.15) is 0 Å². The van der Waals surface area contributed by atoms with Crippen LogP contribution in [0.5, 0.6) is 0 Å². The second-order valence-corrected chi connectivity index (χ2v) is 10.4. The molecule has 172 valence electrons. The monoisotopic (exact) mass is 477 g/mol. The van der Waals surface area contributed by atoms with Crippen molar-refractivity contribution in [2.45, 2.75) is 62.7 Å². The van der Waals surface area contributed by atoms with Crippen molar-refractivity contribution in [3.63, 3.8) is 0 Å². The Kier molecular flexibility index (Phi) is 7.82. The lowest BCUT2D eigenvalue weighted by atomic mass is 9.71. The van der Waals surface area contributed by atoms with Gasteiger partial charge in [-0.05, 0) is 89.6 Å². The normalized spacial score (nSPS) is 14.2. The van der Waals surface area contributed by atoms with E-state index in [1.54, 1.807) is 11.8 Å². The SMILES string of the molecule is CCCC1(CCC)c2ccccc2-c2ccc(C(CCCSc3ccc(Cl)cc3)=NO)cc21. The van der Waals surface area contributed by atoms with Crippen LogP contribution in [0.4, 0.5) is 0 Å². The molecule has 0 fully saturated rings. The van der Waals surface area contributed by atoms with E-state index in [0.717, 1.165) is 60.6 Å². The van der Waals surface area contributed by atoms with Gasteiger partial charge in [0.05, 0.1) is 5.71 Å². The topological polar surface area (TPSA) is 32.6 Å². The molecule has 0 saturated carbocycles. The summed E-state index contributed by atoms with van der Waals surface area (Å²) in [4.78, 5) is 1.21. The zero-order valence-electron chi connectivity index (χ0n) is 19.5. The minimum absolute atomic E-state index is 0.0520. The van der Waals surface area contributed by atoms with Crippen LogP contribution in [0, 0.1) is 0 Å². The van der Waals surface area contributed by atoms with Gasteiger partial charge in [-0.1, -0.05) is 79.8 Å². The average Bonchev–Trinajstić information content (AvgIpc) is 3.10. The molecule has 0 unspecified atom stereocenters. The number of benzene rings is 3. The summed E-state index contributed by atoms with van der Waals surface area (Å²) in [5.41, 5.74) is 7.43. The van der Waals surface area contributed by atoms with Crippen molar-refractivity contribution < 1.29 is 5.21 Å². The Labute approximate surface area is 207 Å². The zero-order chi connectivity index (χ0) is 23.3. The highest BCUT2D eigenvalue weighted by Gasteiger charge is 2.41. The number of hydrogen-bond donors (Lipinski definition) is 1. The molecule has 3 aromatic rings. The number of halogens is 1. The van der Waals surface area contributed by atoms with Gasteiger partial charge in [-0.15, -0.1) is 11.8 Å². The highest BCUT2D eigenvalue weighted by atomic mass is 35.5. The lowest BCUT2D eigenvalue weighted by molar-refractivity contribution is 0.318. The molecule has 0 heterocycles. The second kappa shape index (κ2) is 10.8. The van der Waals surface area contributed by atoms with Crippen LogP contribution in [0.1, 0.15) is 69.1 Å². The number of thioether (sulfide) groups is 1. The van der Waals surface area contributed by atoms with Crippen LogP contribution in [0.3, 0.4) is 0 Å². The van der Waals surface area contributed by atoms with Gasteiger partial charge in [-0.3, -0.25) is 0 Å². The van der Waals surface area contributed by atoms with Crippen molar-refractivity contribution in [2.24, 2.45) is 5.16 Å². The molecule has 3 aromatic carbocycles. The van der Waals surface area contributed by atoms with Crippen LogP contribution < -0.4 is 0 Å². The molecule has 0 atom stereocenters. The van der Waals surface area contributed by atoms with E-state index < -0.39 is 0 Å². The third-order valence-electron chi connectivity index (χ3n) is 6.72. The van der Waals surface area contributed by atoms with E-state index in [0.29, 0.717) is 0 Å². The molecule has 0 amide bonds. The minimum Gasteiger partial charge on any atom is -0.411 e. The molecule has 1 aliphatic carbocycles. The fraction of sp³-hybridized carbons (Fsp3) is 0.345. The van der Waals surface area contributed by atoms with Crippen molar-refractivity contribution in [1.82, 2.24) is 0 Å². The largest absolute Gasteiger partial charge is 0.411 e. The van der Waals surface area contributed by atoms with Crippen LogP contribution >= 0.6 is 23.4 Å². The van der Waals surface area contributed by atoms with Crippen LogP contribution in [0.25, 0.3) is 11.1 Å². The first-order valence-electron chi connectivity index (χ1n) is 12.0. The maximum Gasteiger partial charge on any atom is 0.0868 e. The zero-order valence-corrected chi connectivity index (χ0v) is 21.1. The van der Waals surface area contributed by atoms with Gasteiger partial charge in [0, 0.05) is 15.3 Å². The Bertz CT molecular complexity index is 1120. The van der Waals surface area contributed by atoms with Crippen LogP contribution in [0.2, 0.25) is 5.02 Å². The van der Waals surface area contributed by atoms with Gasteiger partial charge in [0.25, 0.3) is 0 Å². The highest BCUT2D eigenvalue weighted by molar-refractivity contribution is 7.99. The van der Waals surface area contributed by atoms with E-state index in [2.05, 4.69) is 61.5 Å². The molecular weight excluding hydrogens is 446 g/mol. The Morgan fingerprint density at radius 1 is 0.909 bits per heavy atom. The van der Waals surface area contributed by atoms with E-state index >= 15 is 0 Å². The van der Waals surface area contributed by atoms with Gasteiger partial charge < -0.3 is 5.21 Å². The van der Waals surface area contributed by atoms with E-state index in [1.807, 2.05) is 24.3 Å². The van der Waals surface area contributed by atoms with Gasteiger partial charge in [-0.2, -0.15) is 0 Å². The predicted molar refractivity (Wildman–Crippen MR) is 142 cm³/mol. The summed E-state index contributed by atoms with van der Waals surface area (Å²) in [5.74, 6) is 0.965. The molecule has 4 rings (SSSR count). The number of oxime groups is 1. The van der Waals surface area contributed by atoms with Crippen molar-refractivity contribution in [1.29, 1.82) is 0 Å². The molecule has 4 heteroatoms. The van der Waals surface area contributed by atoms with Gasteiger partial charge in [0.2, 0.25) is 0 Å². The molecule has 0 aliphatic heterocycles. The van der Waals surface area contributed by atoms with Gasteiger partial charge in [0.15, 0.2) is 0 Å². The van der Waals surface area contributed by atoms with Crippen molar-refractivity contribution in [2.75, 3.05) is 5.75 Å². The summed E-state index contributed by atoms with van der Waals surface area (Å²) < 4.78 is 0. The fourth-order valence-electron chi connectivity index (χ4n) is 5.36. The Hall–Kier alpha value is -2.23. The smallest absolute Gasteiger partial charge is 0.0868 e. The van der Waals surface area contributed by atoms with E-state index in [1.165, 1.54) is 27.1 Å². The summed E-state index contributed by atoms with van der Waals surface area (Å²) in [5, 5.41) is 14.3. The maximum absolute atomic E-state index is 9.85. The first-order valence-corrected chi connectivity index (χ1v) is 13.3. The van der Waals surface area contributed by atoms with Crippen LogP contribution in [0.15, 0.2) is 76.8 Å². The standard InChI is InChI=1S/C29H32ClNOS/c1-3-17-29(18-4-2)26-9-6-5-8-24(26)25-16-11-21(20-27(25)29)28(31-32)10-7-19-33-23-14-12-22(30)13-15-23/h5-6,8-9,11-16,20,32H,3-4,7,10,17-19H2,1-2H3.